The topological polar surface area (TPSA) is 70.9 Å². The summed E-state index contributed by atoms with van der Waals surface area (Å²) < 4.78 is 0. The molecule has 0 radical (unpaired) electrons. The van der Waals surface area contributed by atoms with E-state index in [1.54, 1.807) is 0 Å². The first-order valence-electron chi connectivity index (χ1n) is 5.28. The summed E-state index contributed by atoms with van der Waals surface area (Å²) in [7, 11) is 0. The van der Waals surface area contributed by atoms with E-state index in [4.69, 9.17) is 5.73 Å². The number of primary amides is 1. The van der Waals surface area contributed by atoms with Crippen LogP contribution in [0, 0.1) is 6.92 Å². The van der Waals surface area contributed by atoms with Gasteiger partial charge in [-0.1, -0.05) is 18.2 Å². The molecule has 2 rings (SSSR count). The minimum Gasteiger partial charge on any atom is -0.358 e. The number of amides is 2. The molecule has 16 heavy (non-hydrogen) atoms. The molecular formula is C12H15N3O. The number of nitrogens with one attached hydrogen (secondary N) is 2. The maximum Gasteiger partial charge on any atom is 0.312 e. The Kier molecular flexibility index (Phi) is 2.81. The third kappa shape index (κ3) is 2.00. The Balaban J connectivity index is 2.22. The molecule has 0 aliphatic heterocycles. The van der Waals surface area contributed by atoms with Gasteiger partial charge in [0.1, 0.15) is 0 Å². The van der Waals surface area contributed by atoms with Crippen molar-refractivity contribution in [2.24, 2.45) is 5.73 Å². The predicted molar refractivity (Wildman–Crippen MR) is 64.3 cm³/mol. The average Bonchev–Trinajstić information content (AvgIpc) is 2.55. The maximum atomic E-state index is 10.6. The van der Waals surface area contributed by atoms with Crippen molar-refractivity contribution in [3.63, 3.8) is 0 Å². The molecule has 0 bridgehead atoms. The third-order valence-electron chi connectivity index (χ3n) is 2.70. The quantitative estimate of drug-likeness (QED) is 0.719. The largest absolute Gasteiger partial charge is 0.358 e. The summed E-state index contributed by atoms with van der Waals surface area (Å²) in [6.45, 7) is 2.61. The molecule has 0 aliphatic carbocycles. The molecule has 0 saturated carbocycles. The van der Waals surface area contributed by atoms with E-state index in [0.717, 1.165) is 17.6 Å². The van der Waals surface area contributed by atoms with Gasteiger partial charge >= 0.3 is 6.03 Å². The molecule has 1 heterocycles. The molecule has 0 fully saturated rings. The Morgan fingerprint density at radius 1 is 1.44 bits per heavy atom. The molecule has 1 aromatic heterocycles. The van der Waals surface area contributed by atoms with Gasteiger partial charge in [0.05, 0.1) is 0 Å². The van der Waals surface area contributed by atoms with Gasteiger partial charge in [-0.3, -0.25) is 0 Å². The van der Waals surface area contributed by atoms with E-state index < -0.39 is 6.03 Å². The second-order valence-corrected chi connectivity index (χ2v) is 3.82. The number of hydrogen-bond acceptors (Lipinski definition) is 1. The molecule has 4 N–H and O–H groups in total. The molecule has 2 aromatic rings. The fourth-order valence-corrected chi connectivity index (χ4v) is 1.97. The van der Waals surface area contributed by atoms with Crippen molar-refractivity contribution in [1.29, 1.82) is 0 Å². The summed E-state index contributed by atoms with van der Waals surface area (Å²) in [4.78, 5) is 13.9. The summed E-state index contributed by atoms with van der Waals surface area (Å²) in [6, 6.07) is 7.67. The van der Waals surface area contributed by atoms with Gasteiger partial charge in [0, 0.05) is 23.1 Å². The van der Waals surface area contributed by atoms with Crippen LogP contribution in [0.4, 0.5) is 4.79 Å². The van der Waals surface area contributed by atoms with E-state index in [0.29, 0.717) is 6.54 Å². The first-order valence-corrected chi connectivity index (χ1v) is 5.28. The van der Waals surface area contributed by atoms with E-state index in [2.05, 4.69) is 16.4 Å². The highest BCUT2D eigenvalue weighted by Gasteiger charge is 2.07. The molecule has 0 aliphatic rings. The molecule has 84 valence electrons. The van der Waals surface area contributed by atoms with E-state index >= 15 is 0 Å². The number of rotatable bonds is 3. The number of nitrogens with two attached hydrogens (primary N) is 1. The standard InChI is InChI=1S/C12H15N3O/c1-8-9(6-7-14-12(13)16)10-4-2-3-5-11(10)15-8/h2-5,15H,6-7H2,1H3,(H3,13,14,16). The number of H-pyrrole nitrogens is 1. The number of hydrogen-bond donors (Lipinski definition) is 3. The molecule has 1 aromatic carbocycles. The van der Waals surface area contributed by atoms with Crippen LogP contribution in [0.1, 0.15) is 11.3 Å². The fourth-order valence-electron chi connectivity index (χ4n) is 1.97. The van der Waals surface area contributed by atoms with Crippen molar-refractivity contribution in [2.75, 3.05) is 6.54 Å². The van der Waals surface area contributed by atoms with Crippen molar-refractivity contribution < 1.29 is 4.79 Å². The second kappa shape index (κ2) is 4.26. The number of aromatic nitrogens is 1. The number of carbonyl (C=O) groups excluding carboxylic acids is 1. The predicted octanol–water partition coefficient (Wildman–Crippen LogP) is 1.69. The number of benzene rings is 1. The smallest absolute Gasteiger partial charge is 0.312 e. The molecular weight excluding hydrogens is 202 g/mol. The van der Waals surface area contributed by atoms with Crippen LogP contribution >= 0.6 is 0 Å². The van der Waals surface area contributed by atoms with E-state index in [1.165, 1.54) is 10.9 Å². The third-order valence-corrected chi connectivity index (χ3v) is 2.70. The number of carbonyl (C=O) groups is 1. The first-order chi connectivity index (χ1) is 7.68. The monoisotopic (exact) mass is 217 g/mol. The van der Waals surface area contributed by atoms with Crippen molar-refractivity contribution in [1.82, 2.24) is 10.3 Å². The van der Waals surface area contributed by atoms with E-state index in [9.17, 15) is 4.79 Å². The summed E-state index contributed by atoms with van der Waals surface area (Å²) in [5.41, 5.74) is 8.54. The molecule has 0 atom stereocenters. The zero-order chi connectivity index (χ0) is 11.5. The van der Waals surface area contributed by atoms with Crippen LogP contribution in [-0.2, 0) is 6.42 Å². The van der Waals surface area contributed by atoms with Crippen molar-refractivity contribution in [2.45, 2.75) is 13.3 Å². The summed E-state index contributed by atoms with van der Waals surface area (Å²) in [5, 5.41) is 3.81. The van der Waals surface area contributed by atoms with Gasteiger partial charge < -0.3 is 16.0 Å². The Hall–Kier alpha value is -1.97. The van der Waals surface area contributed by atoms with Gasteiger partial charge in [0.25, 0.3) is 0 Å². The minimum atomic E-state index is -0.475. The second-order valence-electron chi connectivity index (χ2n) is 3.82. The molecule has 4 nitrogen and oxygen atoms in total. The van der Waals surface area contributed by atoms with Gasteiger partial charge in [0.2, 0.25) is 0 Å². The molecule has 0 unspecified atom stereocenters. The zero-order valence-corrected chi connectivity index (χ0v) is 9.21. The van der Waals surface area contributed by atoms with Crippen LogP contribution in [-0.4, -0.2) is 17.6 Å². The number of aryl methyl sites for hydroxylation is 1. The van der Waals surface area contributed by atoms with Crippen molar-refractivity contribution in [3.05, 3.63) is 35.5 Å². The Morgan fingerprint density at radius 3 is 2.94 bits per heavy atom. The van der Waals surface area contributed by atoms with Crippen LogP contribution in [0.15, 0.2) is 24.3 Å². The Morgan fingerprint density at radius 2 is 2.19 bits per heavy atom. The Labute approximate surface area is 93.8 Å². The van der Waals surface area contributed by atoms with Crippen molar-refractivity contribution in [3.8, 4) is 0 Å². The number of para-hydroxylation sites is 1. The van der Waals surface area contributed by atoms with Crippen LogP contribution in [0.5, 0.6) is 0 Å². The highest BCUT2D eigenvalue weighted by molar-refractivity contribution is 5.84. The lowest BCUT2D eigenvalue weighted by Gasteiger charge is -2.02. The van der Waals surface area contributed by atoms with E-state index in [-0.39, 0.29) is 0 Å². The van der Waals surface area contributed by atoms with Crippen molar-refractivity contribution >= 4 is 16.9 Å². The van der Waals surface area contributed by atoms with Crippen LogP contribution < -0.4 is 11.1 Å². The molecule has 2 amide bonds. The van der Waals surface area contributed by atoms with Gasteiger partial charge in [-0.15, -0.1) is 0 Å². The van der Waals surface area contributed by atoms with Crippen LogP contribution in [0.2, 0.25) is 0 Å². The maximum absolute atomic E-state index is 10.6. The van der Waals surface area contributed by atoms with Crippen LogP contribution in [0.25, 0.3) is 10.9 Å². The summed E-state index contributed by atoms with van der Waals surface area (Å²) >= 11 is 0. The first kappa shape index (κ1) is 10.5. The Bertz CT molecular complexity index is 516. The van der Waals surface area contributed by atoms with Gasteiger partial charge in [-0.05, 0) is 25.0 Å². The molecule has 4 heteroatoms. The number of aromatic amines is 1. The molecule has 0 saturated heterocycles. The zero-order valence-electron chi connectivity index (χ0n) is 9.21. The van der Waals surface area contributed by atoms with Crippen LogP contribution in [0.3, 0.4) is 0 Å². The summed E-state index contributed by atoms with van der Waals surface area (Å²) in [6.07, 6.45) is 0.790. The summed E-state index contributed by atoms with van der Waals surface area (Å²) in [5.74, 6) is 0. The average molecular weight is 217 g/mol. The number of urea groups is 1. The van der Waals surface area contributed by atoms with Gasteiger partial charge in [-0.25, -0.2) is 4.79 Å². The highest BCUT2D eigenvalue weighted by Crippen LogP contribution is 2.21. The minimum absolute atomic E-state index is 0.475. The SMILES string of the molecule is Cc1[nH]c2ccccc2c1CCNC(N)=O. The lowest BCUT2D eigenvalue weighted by atomic mass is 10.1. The normalized spacial score (nSPS) is 10.6. The van der Waals surface area contributed by atoms with E-state index in [1.807, 2.05) is 25.1 Å². The molecule has 0 spiro atoms. The van der Waals surface area contributed by atoms with Gasteiger partial charge in [-0.2, -0.15) is 0 Å². The lowest BCUT2D eigenvalue weighted by molar-refractivity contribution is 0.249. The van der Waals surface area contributed by atoms with Gasteiger partial charge in [0.15, 0.2) is 0 Å². The highest BCUT2D eigenvalue weighted by atomic mass is 16.2. The lowest BCUT2D eigenvalue weighted by Crippen LogP contribution is -2.31. The number of fused-ring (bicyclic) bond motifs is 1. The fraction of sp³-hybridized carbons (Fsp3) is 0.250.